The molecule has 1 aromatic rings. The van der Waals surface area contributed by atoms with Crippen molar-refractivity contribution in [1.82, 2.24) is 14.0 Å². The largest absolute Gasteiger partial charge is 0.481 e. The molecule has 0 bridgehead atoms. The highest BCUT2D eigenvalue weighted by atomic mass is 32.2. The van der Waals surface area contributed by atoms with Crippen LogP contribution in [0.4, 0.5) is 0 Å². The van der Waals surface area contributed by atoms with Gasteiger partial charge in [0.15, 0.2) is 0 Å². The lowest BCUT2D eigenvalue weighted by Crippen LogP contribution is -2.45. The van der Waals surface area contributed by atoms with Crippen molar-refractivity contribution in [1.29, 1.82) is 0 Å². The highest BCUT2D eigenvalue weighted by Gasteiger charge is 2.30. The first-order valence-corrected chi connectivity index (χ1v) is 8.53. The lowest BCUT2D eigenvalue weighted by atomic mass is 9.99. The molecular formula is C11H17N3O4S2. The summed E-state index contributed by atoms with van der Waals surface area (Å²) >= 11 is 1.45. The molecule has 7 nitrogen and oxygen atoms in total. The minimum absolute atomic E-state index is 0.166. The summed E-state index contributed by atoms with van der Waals surface area (Å²) < 4.78 is 28.0. The summed E-state index contributed by atoms with van der Waals surface area (Å²) in [5.41, 5.74) is 0. The van der Waals surface area contributed by atoms with E-state index >= 15 is 0 Å². The van der Waals surface area contributed by atoms with Crippen LogP contribution < -0.4 is 4.72 Å². The molecule has 2 rings (SSSR count). The van der Waals surface area contributed by atoms with Crippen LogP contribution in [0.3, 0.4) is 0 Å². The van der Waals surface area contributed by atoms with Gasteiger partial charge in [0.1, 0.15) is 5.01 Å². The number of nitrogens with zero attached hydrogens (tertiary/aromatic N) is 2. The van der Waals surface area contributed by atoms with Crippen molar-refractivity contribution in [3.8, 4) is 0 Å². The molecule has 0 saturated carbocycles. The number of thiazole rings is 1. The van der Waals surface area contributed by atoms with E-state index in [4.69, 9.17) is 5.11 Å². The van der Waals surface area contributed by atoms with Crippen LogP contribution in [0.5, 0.6) is 0 Å². The van der Waals surface area contributed by atoms with E-state index in [1.165, 1.54) is 15.6 Å². The summed E-state index contributed by atoms with van der Waals surface area (Å²) in [6.07, 6.45) is 2.41. The van der Waals surface area contributed by atoms with Crippen LogP contribution in [0.1, 0.15) is 22.7 Å². The number of hydrogen-bond donors (Lipinski definition) is 2. The minimum Gasteiger partial charge on any atom is -0.481 e. The maximum atomic E-state index is 12.1. The highest BCUT2D eigenvalue weighted by Crippen LogP contribution is 2.19. The molecular weight excluding hydrogens is 302 g/mol. The van der Waals surface area contributed by atoms with Gasteiger partial charge in [-0.25, -0.2) is 4.98 Å². The van der Waals surface area contributed by atoms with Gasteiger partial charge in [-0.2, -0.15) is 17.4 Å². The smallest absolute Gasteiger partial charge is 0.306 e. The van der Waals surface area contributed by atoms with Gasteiger partial charge >= 0.3 is 5.97 Å². The maximum Gasteiger partial charge on any atom is 0.306 e. The summed E-state index contributed by atoms with van der Waals surface area (Å²) in [7, 11) is -3.56. The first-order chi connectivity index (χ1) is 9.38. The van der Waals surface area contributed by atoms with Crippen molar-refractivity contribution in [3.63, 3.8) is 0 Å². The molecule has 0 aromatic carbocycles. The van der Waals surface area contributed by atoms with Crippen molar-refractivity contribution in [2.24, 2.45) is 5.92 Å². The van der Waals surface area contributed by atoms with Gasteiger partial charge in [-0.15, -0.1) is 11.3 Å². The van der Waals surface area contributed by atoms with E-state index in [2.05, 4.69) is 9.71 Å². The quantitative estimate of drug-likeness (QED) is 0.827. The van der Waals surface area contributed by atoms with Gasteiger partial charge in [0.2, 0.25) is 0 Å². The van der Waals surface area contributed by atoms with E-state index < -0.39 is 22.1 Å². The van der Waals surface area contributed by atoms with E-state index in [9.17, 15) is 13.2 Å². The zero-order valence-electron chi connectivity index (χ0n) is 11.1. The van der Waals surface area contributed by atoms with E-state index in [1.54, 1.807) is 6.20 Å². The molecule has 2 N–H and O–H groups in total. The first-order valence-electron chi connectivity index (χ1n) is 6.27. The average Bonchev–Trinajstić information content (AvgIpc) is 2.82. The molecule has 0 spiro atoms. The Balaban J connectivity index is 1.89. The van der Waals surface area contributed by atoms with E-state index in [0.717, 1.165) is 4.88 Å². The molecule has 0 atom stereocenters. The number of hydrogen-bond acceptors (Lipinski definition) is 5. The van der Waals surface area contributed by atoms with Crippen molar-refractivity contribution in [3.05, 3.63) is 16.1 Å². The van der Waals surface area contributed by atoms with Crippen molar-refractivity contribution in [2.45, 2.75) is 26.3 Å². The molecule has 1 fully saturated rings. The third kappa shape index (κ3) is 3.75. The zero-order valence-corrected chi connectivity index (χ0v) is 12.7. The number of aromatic nitrogens is 1. The van der Waals surface area contributed by atoms with E-state index in [-0.39, 0.29) is 19.6 Å². The molecule has 1 aliphatic heterocycles. The fraction of sp³-hybridized carbons (Fsp3) is 0.636. The van der Waals surface area contributed by atoms with Crippen LogP contribution in [0.25, 0.3) is 0 Å². The molecule has 2 heterocycles. The number of nitrogens with one attached hydrogen (secondary N) is 1. The molecule has 20 heavy (non-hydrogen) atoms. The second-order valence-electron chi connectivity index (χ2n) is 4.70. The lowest BCUT2D eigenvalue weighted by Gasteiger charge is -2.29. The standard InChI is InChI=1S/C11H17N3O4S2/c1-8-6-12-10(19-8)7-13-20(17,18)14-4-2-9(3-5-14)11(15)16/h6,9,13H,2-5,7H2,1H3,(H,15,16). The monoisotopic (exact) mass is 319 g/mol. The molecule has 0 radical (unpaired) electrons. The van der Waals surface area contributed by atoms with Crippen LogP contribution in [0.2, 0.25) is 0 Å². The van der Waals surface area contributed by atoms with Gasteiger partial charge in [-0.05, 0) is 19.8 Å². The second-order valence-corrected chi connectivity index (χ2v) is 7.78. The van der Waals surface area contributed by atoms with E-state index in [0.29, 0.717) is 17.8 Å². The predicted octanol–water partition coefficient (Wildman–Crippen LogP) is 0.583. The fourth-order valence-electron chi connectivity index (χ4n) is 2.07. The third-order valence-electron chi connectivity index (χ3n) is 3.22. The fourth-order valence-corrected chi connectivity index (χ4v) is 4.08. The Bertz CT molecular complexity index is 576. The molecule has 0 unspecified atom stereocenters. The Kier molecular flexibility index (Phi) is 4.74. The molecule has 9 heteroatoms. The highest BCUT2D eigenvalue weighted by molar-refractivity contribution is 7.87. The molecule has 112 valence electrons. The third-order valence-corrected chi connectivity index (χ3v) is 5.68. The first kappa shape index (κ1) is 15.4. The van der Waals surface area contributed by atoms with Crippen LogP contribution in [-0.4, -0.2) is 41.9 Å². The van der Waals surface area contributed by atoms with Gasteiger partial charge in [0, 0.05) is 24.2 Å². The lowest BCUT2D eigenvalue weighted by molar-refractivity contribution is -0.142. The normalized spacial score (nSPS) is 18.2. The van der Waals surface area contributed by atoms with Crippen LogP contribution in [0, 0.1) is 12.8 Å². The number of carboxylic acid groups (broad SMARTS) is 1. The topological polar surface area (TPSA) is 99.6 Å². The summed E-state index contributed by atoms with van der Waals surface area (Å²) in [5.74, 6) is -1.30. The number of carbonyl (C=O) groups is 1. The number of rotatable bonds is 5. The van der Waals surface area contributed by atoms with Gasteiger partial charge in [0.05, 0.1) is 12.5 Å². The Hall–Kier alpha value is -1.03. The molecule has 0 aliphatic carbocycles. The number of aryl methyl sites for hydroxylation is 1. The van der Waals surface area contributed by atoms with Gasteiger partial charge in [0.25, 0.3) is 10.2 Å². The average molecular weight is 319 g/mol. The molecule has 0 amide bonds. The summed E-state index contributed by atoms with van der Waals surface area (Å²) in [6.45, 7) is 2.55. The van der Waals surface area contributed by atoms with Crippen LogP contribution in [0.15, 0.2) is 6.20 Å². The number of piperidine rings is 1. The van der Waals surface area contributed by atoms with Gasteiger partial charge < -0.3 is 5.11 Å². The van der Waals surface area contributed by atoms with Crippen molar-refractivity contribution < 1.29 is 18.3 Å². The predicted molar refractivity (Wildman–Crippen MR) is 74.5 cm³/mol. The molecule has 1 aliphatic rings. The van der Waals surface area contributed by atoms with Crippen LogP contribution in [-0.2, 0) is 21.5 Å². The van der Waals surface area contributed by atoms with Gasteiger partial charge in [-0.3, -0.25) is 4.79 Å². The minimum atomic E-state index is -3.56. The number of carboxylic acids is 1. The van der Waals surface area contributed by atoms with Crippen LogP contribution >= 0.6 is 11.3 Å². The van der Waals surface area contributed by atoms with E-state index in [1.807, 2.05) is 6.92 Å². The Morgan fingerprint density at radius 3 is 2.70 bits per heavy atom. The van der Waals surface area contributed by atoms with Gasteiger partial charge in [-0.1, -0.05) is 0 Å². The molecule has 1 saturated heterocycles. The zero-order chi connectivity index (χ0) is 14.8. The maximum absolute atomic E-state index is 12.1. The summed E-state index contributed by atoms with van der Waals surface area (Å²) in [6, 6.07) is 0. The van der Waals surface area contributed by atoms with Crippen molar-refractivity contribution in [2.75, 3.05) is 13.1 Å². The Morgan fingerprint density at radius 2 is 2.20 bits per heavy atom. The van der Waals surface area contributed by atoms with Crippen molar-refractivity contribution >= 4 is 27.5 Å². The number of aliphatic carboxylic acids is 1. The second kappa shape index (κ2) is 6.17. The Morgan fingerprint density at radius 1 is 1.55 bits per heavy atom. The summed E-state index contributed by atoms with van der Waals surface area (Å²) in [5, 5.41) is 9.61. The SMILES string of the molecule is Cc1cnc(CNS(=O)(=O)N2CCC(C(=O)O)CC2)s1. The summed E-state index contributed by atoms with van der Waals surface area (Å²) in [4.78, 5) is 16.0. The molecule has 1 aromatic heterocycles. The Labute approximate surface area is 121 Å².